The summed E-state index contributed by atoms with van der Waals surface area (Å²) in [6.07, 6.45) is 0. The molecule has 0 radical (unpaired) electrons. The summed E-state index contributed by atoms with van der Waals surface area (Å²) in [5.41, 5.74) is 3.90. The molecule has 0 aliphatic rings. The van der Waals surface area contributed by atoms with E-state index >= 15 is 0 Å². The fourth-order valence-corrected chi connectivity index (χ4v) is 3.37. The Kier molecular flexibility index (Phi) is 5.31. The van der Waals surface area contributed by atoms with E-state index in [1.165, 1.54) is 0 Å². The van der Waals surface area contributed by atoms with E-state index in [1.807, 2.05) is 31.2 Å². The van der Waals surface area contributed by atoms with Crippen LogP contribution < -0.4 is 0 Å². The maximum Gasteiger partial charge on any atom is 0.136 e. The van der Waals surface area contributed by atoms with Crippen molar-refractivity contribution in [2.45, 2.75) is 26.5 Å². The Morgan fingerprint density at radius 2 is 1.75 bits per heavy atom. The van der Waals surface area contributed by atoms with E-state index in [-0.39, 0.29) is 0 Å². The van der Waals surface area contributed by atoms with Gasteiger partial charge in [-0.05, 0) is 32.9 Å². The lowest BCUT2D eigenvalue weighted by Crippen LogP contribution is -2.26. The standard InChI is InChI=1S/C15H19N3S2/c1-4-18(5-2)15(19)20-10-14-11(3)16-12-8-6-7-9-13(12)17-14/h6-9H,4-5,10H2,1-3H3. The molecular weight excluding hydrogens is 286 g/mol. The fraction of sp³-hybridized carbons (Fsp3) is 0.400. The Labute approximate surface area is 129 Å². The molecule has 1 aromatic heterocycles. The highest BCUT2D eigenvalue weighted by Crippen LogP contribution is 2.19. The lowest BCUT2D eigenvalue weighted by Gasteiger charge is -2.20. The second-order valence-electron chi connectivity index (χ2n) is 4.47. The molecule has 3 nitrogen and oxygen atoms in total. The van der Waals surface area contributed by atoms with Crippen LogP contribution in [0.5, 0.6) is 0 Å². The summed E-state index contributed by atoms with van der Waals surface area (Å²) in [4.78, 5) is 11.5. The number of thiocarbonyl (C=S) groups is 1. The number of aryl methyl sites for hydroxylation is 1. The number of rotatable bonds is 4. The number of hydrogen-bond donors (Lipinski definition) is 0. The third kappa shape index (κ3) is 3.46. The SMILES string of the molecule is CCN(CC)C(=S)SCc1nc2ccccc2nc1C. The molecule has 0 unspecified atom stereocenters. The van der Waals surface area contributed by atoms with Crippen molar-refractivity contribution < 1.29 is 0 Å². The van der Waals surface area contributed by atoms with Crippen molar-refractivity contribution in [2.75, 3.05) is 13.1 Å². The van der Waals surface area contributed by atoms with Crippen LogP contribution in [0.1, 0.15) is 25.2 Å². The molecule has 0 amide bonds. The predicted molar refractivity (Wildman–Crippen MR) is 91.1 cm³/mol. The van der Waals surface area contributed by atoms with E-state index in [0.29, 0.717) is 0 Å². The fourth-order valence-electron chi connectivity index (χ4n) is 1.96. The van der Waals surface area contributed by atoms with Gasteiger partial charge in [0.05, 0.1) is 22.4 Å². The summed E-state index contributed by atoms with van der Waals surface area (Å²) in [7, 11) is 0. The van der Waals surface area contributed by atoms with Gasteiger partial charge >= 0.3 is 0 Å². The molecule has 0 spiro atoms. The highest BCUT2D eigenvalue weighted by molar-refractivity contribution is 8.22. The first-order valence-corrected chi connectivity index (χ1v) is 8.19. The minimum Gasteiger partial charge on any atom is -0.358 e. The van der Waals surface area contributed by atoms with Gasteiger partial charge in [-0.15, -0.1) is 0 Å². The summed E-state index contributed by atoms with van der Waals surface area (Å²) in [6, 6.07) is 7.97. The van der Waals surface area contributed by atoms with Crippen molar-refractivity contribution in [2.24, 2.45) is 0 Å². The third-order valence-corrected chi connectivity index (χ3v) is 4.73. The molecule has 0 aliphatic carbocycles. The summed E-state index contributed by atoms with van der Waals surface area (Å²) in [5.74, 6) is 0.777. The van der Waals surface area contributed by atoms with Crippen LogP contribution in [-0.4, -0.2) is 32.3 Å². The van der Waals surface area contributed by atoms with Crippen LogP contribution in [0.4, 0.5) is 0 Å². The normalized spacial score (nSPS) is 10.8. The van der Waals surface area contributed by atoms with E-state index in [2.05, 4.69) is 23.7 Å². The van der Waals surface area contributed by atoms with Gasteiger partial charge in [0, 0.05) is 18.8 Å². The molecule has 2 aromatic rings. The summed E-state index contributed by atoms with van der Waals surface area (Å²) in [6.45, 7) is 8.15. The van der Waals surface area contributed by atoms with Crippen LogP contribution in [0.25, 0.3) is 11.0 Å². The van der Waals surface area contributed by atoms with Crippen LogP contribution in [0.3, 0.4) is 0 Å². The highest BCUT2D eigenvalue weighted by atomic mass is 32.2. The van der Waals surface area contributed by atoms with Crippen LogP contribution in [0.2, 0.25) is 0 Å². The molecule has 1 aromatic carbocycles. The van der Waals surface area contributed by atoms with Crippen LogP contribution in [0, 0.1) is 6.92 Å². The van der Waals surface area contributed by atoms with Crippen LogP contribution >= 0.6 is 24.0 Å². The van der Waals surface area contributed by atoms with Gasteiger partial charge in [0.2, 0.25) is 0 Å². The third-order valence-electron chi connectivity index (χ3n) is 3.20. The van der Waals surface area contributed by atoms with Gasteiger partial charge in [0.1, 0.15) is 4.32 Å². The Bertz CT molecular complexity index is 609. The monoisotopic (exact) mass is 305 g/mol. The lowest BCUT2D eigenvalue weighted by atomic mass is 10.2. The van der Waals surface area contributed by atoms with Gasteiger partial charge in [0.15, 0.2) is 0 Å². The average molecular weight is 305 g/mol. The maximum atomic E-state index is 5.45. The van der Waals surface area contributed by atoms with E-state index in [0.717, 1.165) is 45.6 Å². The molecule has 0 fully saturated rings. The second kappa shape index (κ2) is 6.99. The zero-order valence-electron chi connectivity index (χ0n) is 12.1. The van der Waals surface area contributed by atoms with Crippen molar-refractivity contribution in [3.8, 4) is 0 Å². The number of para-hydroxylation sites is 2. The Balaban J connectivity index is 2.13. The number of hydrogen-bond acceptors (Lipinski definition) is 4. The van der Waals surface area contributed by atoms with E-state index < -0.39 is 0 Å². The maximum absolute atomic E-state index is 5.45. The molecule has 20 heavy (non-hydrogen) atoms. The largest absolute Gasteiger partial charge is 0.358 e. The van der Waals surface area contributed by atoms with Gasteiger partial charge in [-0.3, -0.25) is 0 Å². The second-order valence-corrected chi connectivity index (χ2v) is 6.08. The first-order chi connectivity index (χ1) is 9.65. The van der Waals surface area contributed by atoms with Crippen molar-refractivity contribution in [3.63, 3.8) is 0 Å². The molecule has 1 heterocycles. The summed E-state index contributed by atoms with van der Waals surface area (Å²) < 4.78 is 0.935. The topological polar surface area (TPSA) is 29.0 Å². The number of benzene rings is 1. The van der Waals surface area contributed by atoms with Gasteiger partial charge in [-0.2, -0.15) is 0 Å². The van der Waals surface area contributed by atoms with Crippen molar-refractivity contribution in [1.29, 1.82) is 0 Å². The number of fused-ring (bicyclic) bond motifs is 1. The quantitative estimate of drug-likeness (QED) is 0.802. The van der Waals surface area contributed by atoms with E-state index in [1.54, 1.807) is 11.8 Å². The molecule has 0 atom stereocenters. The molecule has 0 bridgehead atoms. The zero-order valence-corrected chi connectivity index (χ0v) is 13.7. The smallest absolute Gasteiger partial charge is 0.136 e. The molecule has 0 saturated heterocycles. The van der Waals surface area contributed by atoms with Crippen molar-refractivity contribution in [3.05, 3.63) is 35.7 Å². The van der Waals surface area contributed by atoms with Crippen molar-refractivity contribution in [1.82, 2.24) is 14.9 Å². The first kappa shape index (κ1) is 15.2. The van der Waals surface area contributed by atoms with Crippen LogP contribution in [-0.2, 0) is 5.75 Å². The molecule has 2 rings (SSSR count). The van der Waals surface area contributed by atoms with E-state index in [9.17, 15) is 0 Å². The molecule has 0 saturated carbocycles. The molecule has 0 aliphatic heterocycles. The number of thioether (sulfide) groups is 1. The first-order valence-electron chi connectivity index (χ1n) is 6.79. The molecule has 0 N–H and O–H groups in total. The lowest BCUT2D eigenvalue weighted by molar-refractivity contribution is 0.482. The molecule has 106 valence electrons. The highest BCUT2D eigenvalue weighted by Gasteiger charge is 2.09. The average Bonchev–Trinajstić information content (AvgIpc) is 2.46. The Morgan fingerprint density at radius 1 is 1.15 bits per heavy atom. The van der Waals surface area contributed by atoms with Gasteiger partial charge in [-0.1, -0.05) is 36.1 Å². The van der Waals surface area contributed by atoms with E-state index in [4.69, 9.17) is 17.2 Å². The minimum atomic E-state index is 0.777. The number of aromatic nitrogens is 2. The Morgan fingerprint density at radius 3 is 2.35 bits per heavy atom. The molecular formula is C15H19N3S2. The van der Waals surface area contributed by atoms with Gasteiger partial charge in [-0.25, -0.2) is 9.97 Å². The van der Waals surface area contributed by atoms with Crippen LogP contribution in [0.15, 0.2) is 24.3 Å². The zero-order chi connectivity index (χ0) is 14.5. The summed E-state index contributed by atoms with van der Waals surface area (Å²) in [5, 5.41) is 0. The van der Waals surface area contributed by atoms with Gasteiger partial charge < -0.3 is 4.90 Å². The number of nitrogens with zero attached hydrogens (tertiary/aromatic N) is 3. The van der Waals surface area contributed by atoms with Gasteiger partial charge in [0.25, 0.3) is 0 Å². The summed E-state index contributed by atoms with van der Waals surface area (Å²) >= 11 is 7.12. The Hall–Kier alpha value is -1.20. The minimum absolute atomic E-state index is 0.777. The molecule has 5 heteroatoms. The van der Waals surface area contributed by atoms with Crippen molar-refractivity contribution >= 4 is 39.3 Å². The predicted octanol–water partition coefficient (Wildman–Crippen LogP) is 3.80.